The lowest BCUT2D eigenvalue weighted by Gasteiger charge is -2.25. The molecule has 1 aromatic carbocycles. The second-order valence-corrected chi connectivity index (χ2v) is 5.11. The topological polar surface area (TPSA) is 26.3 Å². The summed E-state index contributed by atoms with van der Waals surface area (Å²) in [6.07, 6.45) is 3.25. The average molecular weight is 232 g/mol. The third-order valence-corrected chi connectivity index (χ3v) is 3.63. The Morgan fingerprint density at radius 3 is 2.53 bits per heavy atom. The maximum Gasteiger partial charge on any atom is 0.169 e. The SMILES string of the molecule is COc1ccc(C(C)C)cc1C(=O)C1CCC1. The molecule has 2 rings (SSSR count). The average Bonchev–Trinajstić information content (AvgIpc) is 2.25. The molecule has 0 bridgehead atoms. The Hall–Kier alpha value is -1.31. The third-order valence-electron chi connectivity index (χ3n) is 3.63. The van der Waals surface area contributed by atoms with Gasteiger partial charge < -0.3 is 4.74 Å². The zero-order valence-corrected chi connectivity index (χ0v) is 10.8. The van der Waals surface area contributed by atoms with Gasteiger partial charge in [-0.25, -0.2) is 0 Å². The van der Waals surface area contributed by atoms with E-state index in [4.69, 9.17) is 4.74 Å². The summed E-state index contributed by atoms with van der Waals surface area (Å²) in [5, 5.41) is 0. The minimum Gasteiger partial charge on any atom is -0.496 e. The Bertz CT molecular complexity index is 417. The van der Waals surface area contributed by atoms with Crippen molar-refractivity contribution in [2.45, 2.75) is 39.0 Å². The van der Waals surface area contributed by atoms with Crippen LogP contribution in [0.2, 0.25) is 0 Å². The van der Waals surface area contributed by atoms with Crippen LogP contribution < -0.4 is 4.74 Å². The molecule has 0 aliphatic heterocycles. The Kier molecular flexibility index (Phi) is 3.51. The van der Waals surface area contributed by atoms with Gasteiger partial charge in [0.1, 0.15) is 5.75 Å². The minimum atomic E-state index is 0.228. The zero-order valence-electron chi connectivity index (χ0n) is 10.8. The highest BCUT2D eigenvalue weighted by molar-refractivity contribution is 6.00. The molecule has 1 aromatic rings. The molecule has 0 heterocycles. The van der Waals surface area contributed by atoms with Gasteiger partial charge in [0.25, 0.3) is 0 Å². The fourth-order valence-corrected chi connectivity index (χ4v) is 2.17. The molecule has 0 aromatic heterocycles. The van der Waals surface area contributed by atoms with Crippen LogP contribution in [-0.2, 0) is 0 Å². The van der Waals surface area contributed by atoms with Gasteiger partial charge in [-0.15, -0.1) is 0 Å². The molecule has 2 nitrogen and oxygen atoms in total. The van der Waals surface area contributed by atoms with E-state index in [0.717, 1.165) is 18.4 Å². The zero-order chi connectivity index (χ0) is 12.4. The van der Waals surface area contributed by atoms with Crippen molar-refractivity contribution < 1.29 is 9.53 Å². The number of rotatable bonds is 4. The van der Waals surface area contributed by atoms with E-state index >= 15 is 0 Å². The fraction of sp³-hybridized carbons (Fsp3) is 0.533. The lowest BCUT2D eigenvalue weighted by atomic mass is 9.79. The van der Waals surface area contributed by atoms with Crippen molar-refractivity contribution in [3.8, 4) is 5.75 Å². The summed E-state index contributed by atoms with van der Waals surface area (Å²) in [4.78, 5) is 12.3. The van der Waals surface area contributed by atoms with Crippen LogP contribution in [-0.4, -0.2) is 12.9 Å². The first-order valence-corrected chi connectivity index (χ1v) is 6.35. The lowest BCUT2D eigenvalue weighted by molar-refractivity contribution is 0.0852. The summed E-state index contributed by atoms with van der Waals surface area (Å²) in [5.41, 5.74) is 1.97. The van der Waals surface area contributed by atoms with E-state index in [1.54, 1.807) is 7.11 Å². The van der Waals surface area contributed by atoms with Crippen molar-refractivity contribution in [1.29, 1.82) is 0 Å². The molecule has 0 unspecified atom stereocenters. The number of Topliss-reactive ketones (excluding diaryl/α,β-unsaturated/α-hetero) is 1. The molecular formula is C15H20O2. The number of benzene rings is 1. The summed E-state index contributed by atoms with van der Waals surface area (Å²) in [6.45, 7) is 4.28. The minimum absolute atomic E-state index is 0.228. The predicted octanol–water partition coefficient (Wildman–Crippen LogP) is 3.80. The highest BCUT2D eigenvalue weighted by Gasteiger charge is 2.28. The summed E-state index contributed by atoms with van der Waals surface area (Å²) in [5.74, 6) is 1.64. The van der Waals surface area contributed by atoms with Crippen molar-refractivity contribution in [3.63, 3.8) is 0 Å². The number of carbonyl (C=O) groups is 1. The molecule has 17 heavy (non-hydrogen) atoms. The van der Waals surface area contributed by atoms with E-state index in [1.807, 2.05) is 18.2 Å². The van der Waals surface area contributed by atoms with Crippen LogP contribution in [0.15, 0.2) is 18.2 Å². The fourth-order valence-electron chi connectivity index (χ4n) is 2.17. The number of ether oxygens (including phenoxy) is 1. The normalized spacial score (nSPS) is 15.8. The molecule has 1 aliphatic carbocycles. The molecule has 1 fully saturated rings. The maximum absolute atomic E-state index is 12.3. The molecule has 0 radical (unpaired) electrons. The van der Waals surface area contributed by atoms with Crippen LogP contribution in [0, 0.1) is 5.92 Å². The molecule has 0 spiro atoms. The standard InChI is InChI=1S/C15H20O2/c1-10(2)12-7-8-14(17-3)13(9-12)15(16)11-5-4-6-11/h7-11H,4-6H2,1-3H3. The Morgan fingerprint density at radius 2 is 2.06 bits per heavy atom. The quantitative estimate of drug-likeness (QED) is 0.738. The molecule has 92 valence electrons. The van der Waals surface area contributed by atoms with Gasteiger partial charge in [-0.2, -0.15) is 0 Å². The monoisotopic (exact) mass is 232 g/mol. The number of hydrogen-bond donors (Lipinski definition) is 0. The highest BCUT2D eigenvalue weighted by Crippen LogP contribution is 2.33. The van der Waals surface area contributed by atoms with Crippen molar-refractivity contribution in [2.75, 3.05) is 7.11 Å². The second kappa shape index (κ2) is 4.91. The largest absolute Gasteiger partial charge is 0.496 e. The first kappa shape index (κ1) is 12.2. The van der Waals surface area contributed by atoms with Crippen LogP contribution in [0.25, 0.3) is 0 Å². The number of methoxy groups -OCH3 is 1. The lowest BCUT2D eigenvalue weighted by Crippen LogP contribution is -2.22. The van der Waals surface area contributed by atoms with E-state index in [9.17, 15) is 4.79 Å². The van der Waals surface area contributed by atoms with E-state index < -0.39 is 0 Å². The molecule has 2 heteroatoms. The van der Waals surface area contributed by atoms with E-state index in [0.29, 0.717) is 11.7 Å². The van der Waals surface area contributed by atoms with Gasteiger partial charge >= 0.3 is 0 Å². The Balaban J connectivity index is 2.34. The van der Waals surface area contributed by atoms with Crippen LogP contribution in [0.1, 0.15) is 54.9 Å². The smallest absolute Gasteiger partial charge is 0.169 e. The van der Waals surface area contributed by atoms with Crippen LogP contribution >= 0.6 is 0 Å². The van der Waals surface area contributed by atoms with Crippen molar-refractivity contribution in [2.24, 2.45) is 5.92 Å². The summed E-state index contributed by atoms with van der Waals surface area (Å²) in [6, 6.07) is 5.96. The van der Waals surface area contributed by atoms with Crippen LogP contribution in [0.4, 0.5) is 0 Å². The summed E-state index contributed by atoms with van der Waals surface area (Å²) in [7, 11) is 1.63. The van der Waals surface area contributed by atoms with Gasteiger partial charge in [0.2, 0.25) is 0 Å². The molecule has 0 N–H and O–H groups in total. The highest BCUT2D eigenvalue weighted by atomic mass is 16.5. The van der Waals surface area contributed by atoms with Gasteiger partial charge in [0.15, 0.2) is 5.78 Å². The molecule has 0 amide bonds. The Labute approximate surface area is 103 Å². The summed E-state index contributed by atoms with van der Waals surface area (Å²) >= 11 is 0. The molecule has 1 aliphatic rings. The van der Waals surface area contributed by atoms with Gasteiger partial charge in [-0.05, 0) is 36.5 Å². The number of carbonyl (C=O) groups excluding carboxylic acids is 1. The van der Waals surface area contributed by atoms with Crippen molar-refractivity contribution in [1.82, 2.24) is 0 Å². The predicted molar refractivity (Wildman–Crippen MR) is 68.8 cm³/mol. The summed E-state index contributed by atoms with van der Waals surface area (Å²) < 4.78 is 5.30. The van der Waals surface area contributed by atoms with E-state index in [2.05, 4.69) is 13.8 Å². The number of hydrogen-bond acceptors (Lipinski definition) is 2. The second-order valence-electron chi connectivity index (χ2n) is 5.11. The number of ketones is 1. The van der Waals surface area contributed by atoms with E-state index in [-0.39, 0.29) is 11.7 Å². The molecule has 0 atom stereocenters. The van der Waals surface area contributed by atoms with Crippen molar-refractivity contribution >= 4 is 5.78 Å². The first-order valence-electron chi connectivity index (χ1n) is 6.35. The van der Waals surface area contributed by atoms with Gasteiger partial charge in [-0.1, -0.05) is 26.3 Å². The van der Waals surface area contributed by atoms with Crippen molar-refractivity contribution in [3.05, 3.63) is 29.3 Å². The molecule has 1 saturated carbocycles. The van der Waals surface area contributed by atoms with Gasteiger partial charge in [-0.3, -0.25) is 4.79 Å². The Morgan fingerprint density at radius 1 is 1.35 bits per heavy atom. The van der Waals surface area contributed by atoms with Gasteiger partial charge in [0.05, 0.1) is 12.7 Å². The maximum atomic E-state index is 12.3. The third kappa shape index (κ3) is 2.36. The van der Waals surface area contributed by atoms with Gasteiger partial charge in [0, 0.05) is 5.92 Å². The van der Waals surface area contributed by atoms with Crippen LogP contribution in [0.3, 0.4) is 0 Å². The molecule has 0 saturated heterocycles. The van der Waals surface area contributed by atoms with Crippen LogP contribution in [0.5, 0.6) is 5.75 Å². The first-order chi connectivity index (χ1) is 8.13. The van der Waals surface area contributed by atoms with E-state index in [1.165, 1.54) is 12.0 Å². The molecular weight excluding hydrogens is 212 g/mol.